The van der Waals surface area contributed by atoms with Crippen molar-refractivity contribution in [3.05, 3.63) is 45.1 Å². The first-order chi connectivity index (χ1) is 11.9. The van der Waals surface area contributed by atoms with E-state index in [4.69, 9.17) is 0 Å². The largest absolute Gasteiger partial charge is 0.362 e. The van der Waals surface area contributed by atoms with Gasteiger partial charge >= 0.3 is 0 Å². The van der Waals surface area contributed by atoms with Crippen molar-refractivity contribution in [1.29, 1.82) is 0 Å². The summed E-state index contributed by atoms with van der Waals surface area (Å²) in [6, 6.07) is 7.82. The van der Waals surface area contributed by atoms with Crippen molar-refractivity contribution in [3.63, 3.8) is 0 Å². The summed E-state index contributed by atoms with van der Waals surface area (Å²) in [4.78, 5) is 14.7. The molecule has 1 N–H and O–H groups in total. The lowest BCUT2D eigenvalue weighted by molar-refractivity contribution is 0.103. The monoisotopic (exact) mass is 441 g/mol. The zero-order chi connectivity index (χ0) is 18.0. The Bertz CT molecular complexity index is 920. The van der Waals surface area contributed by atoms with Gasteiger partial charge in [0.15, 0.2) is 0 Å². The topological polar surface area (TPSA) is 78.8 Å². The van der Waals surface area contributed by atoms with Gasteiger partial charge in [-0.15, -0.1) is 15.7 Å². The number of hydrogen-bond acceptors (Lipinski definition) is 4. The number of nitrogens with one attached hydrogen (secondary N) is 1. The number of likely N-dealkylation sites (tertiary alicyclic amines) is 1. The number of halogens is 1. The molecule has 25 heavy (non-hydrogen) atoms. The van der Waals surface area contributed by atoms with Crippen LogP contribution in [0, 0.1) is 0 Å². The highest BCUT2D eigenvalue weighted by Gasteiger charge is 2.20. The molecule has 0 saturated carbocycles. The summed E-state index contributed by atoms with van der Waals surface area (Å²) in [7, 11) is -1.91. The van der Waals surface area contributed by atoms with Gasteiger partial charge in [0.2, 0.25) is 0 Å². The lowest BCUT2D eigenvalue weighted by Gasteiger charge is -2.11. The van der Waals surface area contributed by atoms with Crippen molar-refractivity contribution < 1.29 is 13.2 Å². The van der Waals surface area contributed by atoms with Crippen molar-refractivity contribution in [2.45, 2.75) is 17.7 Å². The molecule has 132 valence electrons. The maximum atomic E-state index is 12.4. The fourth-order valence-corrected chi connectivity index (χ4v) is 4.99. The fraction of sp³-hybridized carbons (Fsp3) is 0.250. The first-order valence-corrected chi connectivity index (χ1v) is 10.7. The number of sulfonamides is 1. The van der Waals surface area contributed by atoms with E-state index in [1.54, 1.807) is 18.2 Å². The normalized spacial score (nSPS) is 16.4. The molecule has 9 heteroatoms. The summed E-state index contributed by atoms with van der Waals surface area (Å²) in [5.41, 5.74) is 0.523. The summed E-state index contributed by atoms with van der Waals surface area (Å²) in [5, 5.41) is 4.56. The van der Waals surface area contributed by atoms with E-state index in [-0.39, 0.29) is 10.8 Å². The van der Waals surface area contributed by atoms with Crippen LogP contribution in [0.5, 0.6) is 0 Å². The highest BCUT2D eigenvalue weighted by molar-refractivity contribution is 9.10. The second kappa shape index (κ2) is 7.27. The molecule has 0 bridgehead atoms. The molecule has 1 fully saturated rings. The molecule has 6 nitrogen and oxygen atoms in total. The summed E-state index contributed by atoms with van der Waals surface area (Å²) in [6.07, 6.45) is 1.58. The van der Waals surface area contributed by atoms with Crippen LogP contribution in [-0.2, 0) is 10.0 Å². The van der Waals surface area contributed by atoms with Crippen LogP contribution in [0.15, 0.2) is 49.5 Å². The van der Waals surface area contributed by atoms with Crippen LogP contribution in [0.3, 0.4) is 0 Å². The van der Waals surface area contributed by atoms with Crippen LogP contribution in [0.1, 0.15) is 22.5 Å². The first-order valence-electron chi connectivity index (χ1n) is 7.56. The van der Waals surface area contributed by atoms with Gasteiger partial charge in [-0.1, -0.05) is 0 Å². The lowest BCUT2D eigenvalue weighted by atomic mass is 10.3. The van der Waals surface area contributed by atoms with Gasteiger partial charge in [-0.05, 0) is 58.1 Å². The highest BCUT2D eigenvalue weighted by atomic mass is 79.9. The quantitative estimate of drug-likeness (QED) is 0.785. The van der Waals surface area contributed by atoms with Crippen LogP contribution >= 0.6 is 27.3 Å². The number of carbonyl (C=O) groups is 1. The molecule has 1 aromatic carbocycles. The molecule has 1 aromatic heterocycles. The number of thiophene rings is 1. The minimum absolute atomic E-state index is 0.107. The van der Waals surface area contributed by atoms with Crippen LogP contribution < -0.4 is 5.32 Å². The van der Waals surface area contributed by atoms with Crippen LogP contribution in [0.25, 0.3) is 0 Å². The van der Waals surface area contributed by atoms with Crippen LogP contribution in [0.4, 0.5) is 5.69 Å². The number of rotatable bonds is 4. The van der Waals surface area contributed by atoms with E-state index in [1.165, 1.54) is 23.5 Å². The number of carbonyl (C=O) groups excluding carboxylic acids is 1. The zero-order valence-corrected chi connectivity index (χ0v) is 16.6. The fourth-order valence-electron chi connectivity index (χ4n) is 2.45. The maximum absolute atomic E-state index is 12.4. The molecule has 1 saturated heterocycles. The Labute approximate surface area is 158 Å². The third kappa shape index (κ3) is 4.10. The molecule has 0 spiro atoms. The van der Waals surface area contributed by atoms with Gasteiger partial charge in [-0.25, -0.2) is 0 Å². The average Bonchev–Trinajstić information content (AvgIpc) is 3.16. The van der Waals surface area contributed by atoms with Gasteiger partial charge in [0, 0.05) is 30.2 Å². The number of hydrogen-bond donors (Lipinski definition) is 1. The molecule has 3 rings (SSSR count). The lowest BCUT2D eigenvalue weighted by Crippen LogP contribution is -2.20. The van der Waals surface area contributed by atoms with Gasteiger partial charge < -0.3 is 10.2 Å². The molecular formula is C16H16BrN3O3S2. The average molecular weight is 442 g/mol. The molecule has 0 radical (unpaired) electrons. The number of amidine groups is 1. The van der Waals surface area contributed by atoms with Crippen molar-refractivity contribution in [2.75, 3.05) is 18.9 Å². The highest BCUT2D eigenvalue weighted by Crippen LogP contribution is 2.24. The van der Waals surface area contributed by atoms with E-state index in [0.717, 1.165) is 17.4 Å². The second-order valence-corrected chi connectivity index (χ2v) is 8.96. The van der Waals surface area contributed by atoms with Gasteiger partial charge in [0.05, 0.1) is 4.90 Å². The Morgan fingerprint density at radius 1 is 1.28 bits per heavy atom. The summed E-state index contributed by atoms with van der Waals surface area (Å²) in [6.45, 7) is 0.817. The maximum Gasteiger partial charge on any atom is 0.283 e. The van der Waals surface area contributed by atoms with Crippen LogP contribution in [0.2, 0.25) is 0 Å². The Morgan fingerprint density at radius 2 is 2.00 bits per heavy atom. The predicted molar refractivity (Wildman–Crippen MR) is 103 cm³/mol. The summed E-state index contributed by atoms with van der Waals surface area (Å²) < 4.78 is 29.4. The number of amides is 1. The third-order valence-corrected chi connectivity index (χ3v) is 6.95. The van der Waals surface area contributed by atoms with Gasteiger partial charge in [0.1, 0.15) is 10.7 Å². The summed E-state index contributed by atoms with van der Waals surface area (Å²) >= 11 is 4.64. The Balaban J connectivity index is 1.76. The van der Waals surface area contributed by atoms with E-state index < -0.39 is 10.0 Å². The van der Waals surface area contributed by atoms with Crippen molar-refractivity contribution in [2.24, 2.45) is 4.40 Å². The number of benzene rings is 1. The Hall–Kier alpha value is -1.71. The Kier molecular flexibility index (Phi) is 5.26. The molecule has 1 aliphatic heterocycles. The van der Waals surface area contributed by atoms with E-state index in [0.29, 0.717) is 22.8 Å². The predicted octanol–water partition coefficient (Wildman–Crippen LogP) is 3.58. The SMILES string of the molecule is CN1CCC/C1=N\S(=O)(=O)c1ccc(NC(=O)c2sccc2Br)cc1. The molecule has 0 unspecified atom stereocenters. The molecule has 1 aliphatic rings. The zero-order valence-electron chi connectivity index (χ0n) is 13.4. The Morgan fingerprint density at radius 3 is 2.56 bits per heavy atom. The standard InChI is InChI=1S/C16H16BrN3O3S2/c1-20-9-2-3-14(20)19-25(22,23)12-6-4-11(5-7-12)18-16(21)15-13(17)8-10-24-15/h4-8,10H,2-3,9H2,1H3,(H,18,21)/b19-14+. The molecular weight excluding hydrogens is 426 g/mol. The van der Waals surface area contributed by atoms with Gasteiger partial charge in [0.25, 0.3) is 15.9 Å². The van der Waals surface area contributed by atoms with E-state index >= 15 is 0 Å². The smallest absolute Gasteiger partial charge is 0.283 e. The minimum Gasteiger partial charge on any atom is -0.362 e. The van der Waals surface area contributed by atoms with Crippen molar-refractivity contribution in [1.82, 2.24) is 4.90 Å². The van der Waals surface area contributed by atoms with Gasteiger partial charge in [-0.2, -0.15) is 8.42 Å². The summed E-state index contributed by atoms with van der Waals surface area (Å²) in [5.74, 6) is 0.338. The van der Waals surface area contributed by atoms with Crippen molar-refractivity contribution >= 4 is 54.7 Å². The number of nitrogens with zero attached hydrogens (tertiary/aromatic N) is 2. The third-order valence-electron chi connectivity index (χ3n) is 3.79. The van der Waals surface area contributed by atoms with E-state index in [1.807, 2.05) is 17.3 Å². The molecule has 1 amide bonds. The molecule has 2 aromatic rings. The van der Waals surface area contributed by atoms with Crippen molar-refractivity contribution in [3.8, 4) is 0 Å². The van der Waals surface area contributed by atoms with E-state index in [9.17, 15) is 13.2 Å². The first kappa shape index (κ1) is 18.1. The van der Waals surface area contributed by atoms with Crippen LogP contribution in [-0.4, -0.2) is 38.7 Å². The molecule has 0 atom stereocenters. The molecule has 0 aliphatic carbocycles. The van der Waals surface area contributed by atoms with Gasteiger partial charge in [-0.3, -0.25) is 4.79 Å². The van der Waals surface area contributed by atoms with E-state index in [2.05, 4.69) is 25.6 Å². The second-order valence-electron chi connectivity index (χ2n) is 5.58. The minimum atomic E-state index is -3.74. The molecule has 2 heterocycles. The number of anilines is 1.